The van der Waals surface area contributed by atoms with Crippen LogP contribution in [-0.2, 0) is 0 Å². The SMILES string of the molecule is CC(C)(C)C1CC(C(C)(C)C)C1. The second kappa shape index (κ2) is 2.75. The third-order valence-electron chi connectivity index (χ3n) is 3.59. The van der Waals surface area contributed by atoms with Gasteiger partial charge in [0.15, 0.2) is 0 Å². The lowest BCUT2D eigenvalue weighted by molar-refractivity contribution is 0.0110. The standard InChI is InChI=1S/C12H24/c1-11(2,3)9-7-10(8-9)12(4,5)6/h9-10H,7-8H2,1-6H3. The van der Waals surface area contributed by atoms with Crippen LogP contribution in [0, 0.1) is 22.7 Å². The molecule has 1 rings (SSSR count). The molecule has 0 unspecified atom stereocenters. The highest BCUT2D eigenvalue weighted by Gasteiger charge is 2.41. The molecule has 0 aromatic rings. The van der Waals surface area contributed by atoms with Crippen LogP contribution in [0.4, 0.5) is 0 Å². The van der Waals surface area contributed by atoms with Gasteiger partial charge in [0.25, 0.3) is 0 Å². The van der Waals surface area contributed by atoms with E-state index < -0.39 is 0 Å². The molecule has 0 aliphatic heterocycles. The van der Waals surface area contributed by atoms with Gasteiger partial charge in [-0.05, 0) is 35.5 Å². The first-order valence-corrected chi connectivity index (χ1v) is 5.21. The Morgan fingerprint density at radius 2 is 0.917 bits per heavy atom. The van der Waals surface area contributed by atoms with Gasteiger partial charge in [0.05, 0.1) is 0 Å². The molecule has 72 valence electrons. The molecule has 0 bridgehead atoms. The Labute approximate surface area is 77.7 Å². The van der Waals surface area contributed by atoms with Gasteiger partial charge in [-0.2, -0.15) is 0 Å². The lowest BCUT2D eigenvalue weighted by Gasteiger charge is -2.49. The Morgan fingerprint density at radius 3 is 1.08 bits per heavy atom. The second-order valence-electron chi connectivity index (χ2n) is 6.60. The van der Waals surface area contributed by atoms with Crippen LogP contribution in [-0.4, -0.2) is 0 Å². The van der Waals surface area contributed by atoms with Crippen molar-refractivity contribution in [2.24, 2.45) is 22.7 Å². The summed E-state index contributed by atoms with van der Waals surface area (Å²) in [6.45, 7) is 14.2. The first-order valence-electron chi connectivity index (χ1n) is 5.21. The molecule has 0 heterocycles. The van der Waals surface area contributed by atoms with E-state index in [1.165, 1.54) is 12.8 Å². The molecule has 12 heavy (non-hydrogen) atoms. The monoisotopic (exact) mass is 168 g/mol. The van der Waals surface area contributed by atoms with Crippen LogP contribution in [0.3, 0.4) is 0 Å². The van der Waals surface area contributed by atoms with Crippen LogP contribution < -0.4 is 0 Å². The molecule has 0 spiro atoms. The van der Waals surface area contributed by atoms with Gasteiger partial charge >= 0.3 is 0 Å². The van der Waals surface area contributed by atoms with Crippen LogP contribution in [0.5, 0.6) is 0 Å². The third-order valence-corrected chi connectivity index (χ3v) is 3.59. The summed E-state index contributed by atoms with van der Waals surface area (Å²) in [5, 5.41) is 0. The molecule has 0 atom stereocenters. The molecular weight excluding hydrogens is 144 g/mol. The summed E-state index contributed by atoms with van der Waals surface area (Å²) in [7, 11) is 0. The number of hydrogen-bond acceptors (Lipinski definition) is 0. The fraction of sp³-hybridized carbons (Fsp3) is 1.00. The molecular formula is C12H24. The maximum absolute atomic E-state index is 2.37. The van der Waals surface area contributed by atoms with Crippen LogP contribution in [0.1, 0.15) is 54.4 Å². The summed E-state index contributed by atoms with van der Waals surface area (Å²) in [5.74, 6) is 1.95. The molecule has 0 aromatic carbocycles. The molecule has 0 aromatic heterocycles. The summed E-state index contributed by atoms with van der Waals surface area (Å²) in [5.41, 5.74) is 1.09. The van der Waals surface area contributed by atoms with Crippen molar-refractivity contribution in [3.63, 3.8) is 0 Å². The fourth-order valence-electron chi connectivity index (χ4n) is 2.03. The highest BCUT2D eigenvalue weighted by molar-refractivity contribution is 4.92. The van der Waals surface area contributed by atoms with E-state index in [0.29, 0.717) is 10.8 Å². The van der Waals surface area contributed by atoms with E-state index >= 15 is 0 Å². The van der Waals surface area contributed by atoms with Crippen molar-refractivity contribution in [1.82, 2.24) is 0 Å². The van der Waals surface area contributed by atoms with Gasteiger partial charge in [0, 0.05) is 0 Å². The molecule has 1 saturated carbocycles. The molecule has 0 heteroatoms. The van der Waals surface area contributed by atoms with Crippen LogP contribution in [0.2, 0.25) is 0 Å². The largest absolute Gasteiger partial charge is 0.0599 e. The van der Waals surface area contributed by atoms with Gasteiger partial charge in [0.2, 0.25) is 0 Å². The molecule has 1 fully saturated rings. The van der Waals surface area contributed by atoms with Crippen molar-refractivity contribution in [3.8, 4) is 0 Å². The lowest BCUT2D eigenvalue weighted by atomic mass is 9.56. The van der Waals surface area contributed by atoms with Crippen molar-refractivity contribution in [1.29, 1.82) is 0 Å². The normalized spacial score (nSPS) is 31.5. The topological polar surface area (TPSA) is 0 Å². The molecule has 0 N–H and O–H groups in total. The molecule has 1 aliphatic rings. The van der Waals surface area contributed by atoms with Crippen molar-refractivity contribution < 1.29 is 0 Å². The van der Waals surface area contributed by atoms with Gasteiger partial charge in [-0.15, -0.1) is 0 Å². The highest BCUT2D eigenvalue weighted by Crippen LogP contribution is 2.51. The van der Waals surface area contributed by atoms with Gasteiger partial charge in [0.1, 0.15) is 0 Å². The maximum Gasteiger partial charge on any atom is -0.0354 e. The van der Waals surface area contributed by atoms with E-state index in [-0.39, 0.29) is 0 Å². The lowest BCUT2D eigenvalue weighted by Crippen LogP contribution is -2.40. The van der Waals surface area contributed by atoms with Gasteiger partial charge in [-0.3, -0.25) is 0 Å². The van der Waals surface area contributed by atoms with E-state index in [9.17, 15) is 0 Å². The average molecular weight is 168 g/mol. The van der Waals surface area contributed by atoms with Crippen LogP contribution in [0.25, 0.3) is 0 Å². The zero-order valence-electron chi connectivity index (χ0n) is 9.57. The van der Waals surface area contributed by atoms with E-state index in [1.807, 2.05) is 0 Å². The maximum atomic E-state index is 2.37. The first-order chi connectivity index (χ1) is 5.21. The van der Waals surface area contributed by atoms with Crippen molar-refractivity contribution in [3.05, 3.63) is 0 Å². The first kappa shape index (κ1) is 10.1. The van der Waals surface area contributed by atoms with Gasteiger partial charge in [-0.25, -0.2) is 0 Å². The molecule has 0 amide bonds. The minimum atomic E-state index is 0.543. The predicted octanol–water partition coefficient (Wildman–Crippen LogP) is 4.10. The smallest absolute Gasteiger partial charge is 0.0354 e. The minimum Gasteiger partial charge on any atom is -0.0599 e. The fourth-order valence-corrected chi connectivity index (χ4v) is 2.03. The van der Waals surface area contributed by atoms with E-state index in [2.05, 4.69) is 41.5 Å². The summed E-state index contributed by atoms with van der Waals surface area (Å²) in [6, 6.07) is 0. The van der Waals surface area contributed by atoms with Crippen molar-refractivity contribution in [2.45, 2.75) is 54.4 Å². The number of hydrogen-bond donors (Lipinski definition) is 0. The van der Waals surface area contributed by atoms with Gasteiger partial charge < -0.3 is 0 Å². The third kappa shape index (κ3) is 2.02. The van der Waals surface area contributed by atoms with E-state index in [1.54, 1.807) is 0 Å². The second-order valence-corrected chi connectivity index (χ2v) is 6.60. The van der Waals surface area contributed by atoms with Gasteiger partial charge in [-0.1, -0.05) is 41.5 Å². The average Bonchev–Trinajstić information content (AvgIpc) is 1.46. The Balaban J connectivity index is 2.39. The van der Waals surface area contributed by atoms with Crippen molar-refractivity contribution >= 4 is 0 Å². The minimum absolute atomic E-state index is 0.543. The van der Waals surface area contributed by atoms with E-state index in [0.717, 1.165) is 11.8 Å². The zero-order chi connectivity index (χ0) is 9.57. The molecule has 0 nitrogen and oxygen atoms in total. The summed E-state index contributed by atoms with van der Waals surface area (Å²) in [6.07, 6.45) is 2.90. The predicted molar refractivity (Wildman–Crippen MR) is 55.1 cm³/mol. The molecule has 0 radical (unpaired) electrons. The Bertz CT molecular complexity index is 130. The Hall–Kier alpha value is 0. The van der Waals surface area contributed by atoms with Crippen LogP contribution in [0.15, 0.2) is 0 Å². The zero-order valence-corrected chi connectivity index (χ0v) is 9.57. The molecule has 1 aliphatic carbocycles. The Morgan fingerprint density at radius 1 is 0.667 bits per heavy atom. The highest BCUT2D eigenvalue weighted by atomic mass is 14.5. The van der Waals surface area contributed by atoms with E-state index in [4.69, 9.17) is 0 Å². The summed E-state index contributed by atoms with van der Waals surface area (Å²) < 4.78 is 0. The summed E-state index contributed by atoms with van der Waals surface area (Å²) >= 11 is 0. The number of rotatable bonds is 0. The quantitative estimate of drug-likeness (QED) is 0.511. The van der Waals surface area contributed by atoms with Crippen molar-refractivity contribution in [2.75, 3.05) is 0 Å². The molecule has 0 saturated heterocycles. The Kier molecular flexibility index (Phi) is 2.31. The van der Waals surface area contributed by atoms with Crippen LogP contribution >= 0.6 is 0 Å². The summed E-state index contributed by atoms with van der Waals surface area (Å²) in [4.78, 5) is 0.